The van der Waals surface area contributed by atoms with Crippen LogP contribution in [0.15, 0.2) is 58.2 Å². The number of thioether (sulfide) groups is 1. The number of nitrogens with zero attached hydrogens (tertiary/aromatic N) is 2. The number of aromatic amines is 1. The molecule has 0 spiro atoms. The maximum Gasteiger partial charge on any atom is 0.316 e. The van der Waals surface area contributed by atoms with Crippen LogP contribution >= 0.6 is 11.8 Å². The summed E-state index contributed by atoms with van der Waals surface area (Å²) in [5, 5.41) is 11.5. The minimum Gasteiger partial charge on any atom is -0.454 e. The fourth-order valence-corrected chi connectivity index (χ4v) is 3.26. The van der Waals surface area contributed by atoms with Crippen molar-refractivity contribution >= 4 is 34.3 Å². The van der Waals surface area contributed by atoms with Crippen molar-refractivity contribution < 1.29 is 14.5 Å². The van der Waals surface area contributed by atoms with E-state index >= 15 is 0 Å². The van der Waals surface area contributed by atoms with Crippen LogP contribution in [0.4, 0.5) is 5.69 Å². The molecule has 0 aliphatic carbocycles. The molecule has 27 heavy (non-hydrogen) atoms. The number of nitro groups is 1. The monoisotopic (exact) mass is 385 g/mol. The molecule has 138 valence electrons. The molecule has 8 nitrogen and oxygen atoms in total. The van der Waals surface area contributed by atoms with Gasteiger partial charge in [-0.2, -0.15) is 0 Å². The zero-order valence-electron chi connectivity index (χ0n) is 14.2. The van der Waals surface area contributed by atoms with Gasteiger partial charge in [-0.15, -0.1) is 11.8 Å². The first-order valence-electron chi connectivity index (χ1n) is 8.00. The van der Waals surface area contributed by atoms with Crippen molar-refractivity contribution in [2.24, 2.45) is 0 Å². The number of carbonyl (C=O) groups is 1. The Morgan fingerprint density at radius 3 is 2.74 bits per heavy atom. The van der Waals surface area contributed by atoms with E-state index in [0.717, 1.165) is 11.8 Å². The predicted octanol–water partition coefficient (Wildman–Crippen LogP) is 3.23. The van der Waals surface area contributed by atoms with Crippen LogP contribution in [0.1, 0.15) is 18.9 Å². The van der Waals surface area contributed by atoms with Crippen LogP contribution < -0.4 is 5.56 Å². The van der Waals surface area contributed by atoms with E-state index in [1.165, 1.54) is 6.07 Å². The third kappa shape index (κ3) is 4.32. The fraction of sp³-hybridized carbons (Fsp3) is 0.167. The Morgan fingerprint density at radius 1 is 1.26 bits per heavy atom. The maximum absolute atomic E-state index is 12.1. The molecule has 3 aromatic rings. The highest BCUT2D eigenvalue weighted by atomic mass is 32.2. The molecule has 2 aromatic carbocycles. The molecular formula is C18H15N3O5S. The van der Waals surface area contributed by atoms with E-state index in [1.807, 2.05) is 0 Å². The van der Waals surface area contributed by atoms with Gasteiger partial charge in [-0.1, -0.05) is 24.3 Å². The second-order valence-electron chi connectivity index (χ2n) is 5.61. The number of benzene rings is 2. The lowest BCUT2D eigenvalue weighted by Crippen LogP contribution is -2.18. The van der Waals surface area contributed by atoms with Crippen LogP contribution in [0.5, 0.6) is 0 Å². The van der Waals surface area contributed by atoms with Crippen LogP contribution in [0.2, 0.25) is 0 Å². The van der Waals surface area contributed by atoms with Crippen LogP contribution in [-0.2, 0) is 9.53 Å². The smallest absolute Gasteiger partial charge is 0.316 e. The average Bonchev–Trinajstić information content (AvgIpc) is 2.66. The summed E-state index contributed by atoms with van der Waals surface area (Å²) in [5.74, 6) is -0.434. The van der Waals surface area contributed by atoms with Crippen LogP contribution in [-0.4, -0.2) is 26.6 Å². The van der Waals surface area contributed by atoms with Gasteiger partial charge < -0.3 is 9.72 Å². The van der Waals surface area contributed by atoms with Gasteiger partial charge in [0.15, 0.2) is 11.9 Å². The van der Waals surface area contributed by atoms with Gasteiger partial charge in [-0.3, -0.25) is 19.7 Å². The quantitative estimate of drug-likeness (QED) is 0.300. The van der Waals surface area contributed by atoms with E-state index in [0.29, 0.717) is 15.8 Å². The lowest BCUT2D eigenvalue weighted by atomic mass is 10.2. The number of rotatable bonds is 6. The lowest BCUT2D eigenvalue weighted by molar-refractivity contribution is -0.387. The van der Waals surface area contributed by atoms with Crippen molar-refractivity contribution in [3.63, 3.8) is 0 Å². The predicted molar refractivity (Wildman–Crippen MR) is 101 cm³/mol. The highest BCUT2D eigenvalue weighted by Gasteiger charge is 2.18. The highest BCUT2D eigenvalue weighted by Crippen LogP contribution is 2.29. The molecule has 9 heteroatoms. The Morgan fingerprint density at radius 2 is 1.96 bits per heavy atom. The molecule has 0 aliphatic rings. The van der Waals surface area contributed by atoms with E-state index in [4.69, 9.17) is 4.74 Å². The van der Waals surface area contributed by atoms with Crippen LogP contribution in [0, 0.1) is 10.1 Å². The Kier molecular flexibility index (Phi) is 5.51. The van der Waals surface area contributed by atoms with E-state index in [2.05, 4.69) is 9.97 Å². The highest BCUT2D eigenvalue weighted by molar-refractivity contribution is 8.00. The van der Waals surface area contributed by atoms with Gasteiger partial charge in [0.25, 0.3) is 11.2 Å². The summed E-state index contributed by atoms with van der Waals surface area (Å²) >= 11 is 1.02. The largest absolute Gasteiger partial charge is 0.454 e. The Hall–Kier alpha value is -3.20. The molecule has 0 radical (unpaired) electrons. The fourth-order valence-electron chi connectivity index (χ4n) is 2.45. The molecule has 0 fully saturated rings. The van der Waals surface area contributed by atoms with Crippen molar-refractivity contribution in [2.75, 3.05) is 5.75 Å². The van der Waals surface area contributed by atoms with E-state index in [9.17, 15) is 19.7 Å². The van der Waals surface area contributed by atoms with E-state index in [-0.39, 0.29) is 22.8 Å². The minimum atomic E-state index is -0.763. The first-order valence-corrected chi connectivity index (χ1v) is 8.99. The molecule has 0 saturated carbocycles. The summed E-state index contributed by atoms with van der Waals surface area (Å²) in [4.78, 5) is 42.0. The summed E-state index contributed by atoms with van der Waals surface area (Å²) in [6, 6.07) is 13.0. The van der Waals surface area contributed by atoms with Crippen molar-refractivity contribution in [2.45, 2.75) is 17.9 Å². The SMILES string of the molecule is C[C@H](OC(=O)CSc1ccccc1[N+](=O)[O-])c1nc2ccccc2c(=O)[nH]1. The number of hydrogen-bond donors (Lipinski definition) is 1. The number of nitrogens with one attached hydrogen (secondary N) is 1. The molecule has 1 N–H and O–H groups in total. The van der Waals surface area contributed by atoms with Crippen LogP contribution in [0.3, 0.4) is 0 Å². The van der Waals surface area contributed by atoms with Crippen molar-refractivity contribution in [1.82, 2.24) is 9.97 Å². The number of aromatic nitrogens is 2. The number of hydrogen-bond acceptors (Lipinski definition) is 7. The second kappa shape index (κ2) is 8.00. The first-order chi connectivity index (χ1) is 13.0. The summed E-state index contributed by atoms with van der Waals surface area (Å²) in [6.07, 6.45) is -0.763. The maximum atomic E-state index is 12.1. The van der Waals surface area contributed by atoms with Gasteiger partial charge >= 0.3 is 5.97 Å². The summed E-state index contributed by atoms with van der Waals surface area (Å²) < 4.78 is 5.30. The van der Waals surface area contributed by atoms with Crippen molar-refractivity contribution in [1.29, 1.82) is 0 Å². The molecule has 0 bridgehead atoms. The van der Waals surface area contributed by atoms with Gasteiger partial charge in [0, 0.05) is 6.07 Å². The average molecular weight is 385 g/mol. The second-order valence-corrected chi connectivity index (χ2v) is 6.63. The number of ether oxygens (including phenoxy) is 1. The number of para-hydroxylation sites is 2. The topological polar surface area (TPSA) is 115 Å². The molecule has 0 amide bonds. The lowest BCUT2D eigenvalue weighted by Gasteiger charge is -2.13. The molecule has 1 aromatic heterocycles. The number of carbonyl (C=O) groups excluding carboxylic acids is 1. The van der Waals surface area contributed by atoms with Crippen LogP contribution in [0.25, 0.3) is 10.9 Å². The Balaban J connectivity index is 1.68. The molecule has 1 atom stereocenters. The third-order valence-corrected chi connectivity index (χ3v) is 4.77. The third-order valence-electron chi connectivity index (χ3n) is 3.73. The number of fused-ring (bicyclic) bond motifs is 1. The zero-order chi connectivity index (χ0) is 19.4. The summed E-state index contributed by atoms with van der Waals surface area (Å²) in [7, 11) is 0. The van der Waals surface area contributed by atoms with E-state index in [1.54, 1.807) is 49.4 Å². The molecule has 3 rings (SSSR count). The van der Waals surface area contributed by atoms with Gasteiger partial charge in [0.1, 0.15) is 0 Å². The van der Waals surface area contributed by atoms with Gasteiger partial charge in [-0.25, -0.2) is 4.98 Å². The number of nitro benzene ring substituents is 1. The van der Waals surface area contributed by atoms with Crippen molar-refractivity contribution in [3.05, 3.63) is 74.8 Å². The van der Waals surface area contributed by atoms with Gasteiger partial charge in [0.2, 0.25) is 0 Å². The van der Waals surface area contributed by atoms with E-state index < -0.39 is 17.0 Å². The molecular weight excluding hydrogens is 370 g/mol. The summed E-state index contributed by atoms with van der Waals surface area (Å²) in [6.45, 7) is 1.60. The normalized spacial score (nSPS) is 11.9. The molecule has 0 aliphatic heterocycles. The van der Waals surface area contributed by atoms with Crippen molar-refractivity contribution in [3.8, 4) is 0 Å². The van der Waals surface area contributed by atoms with Gasteiger partial charge in [0.05, 0.1) is 26.5 Å². The van der Waals surface area contributed by atoms with Gasteiger partial charge in [-0.05, 0) is 25.1 Å². The molecule has 0 saturated heterocycles. The summed E-state index contributed by atoms with van der Waals surface area (Å²) in [5.41, 5.74) is 0.130. The Labute approximate surface area is 157 Å². The Bertz CT molecular complexity index is 1070. The molecule has 0 unspecified atom stereocenters. The standard InChI is InChI=1S/C18H15N3O5S/c1-11(17-19-13-7-3-2-6-12(13)18(23)20-17)26-16(22)10-27-15-9-5-4-8-14(15)21(24)25/h2-9,11H,10H2,1H3,(H,19,20,23)/t11-/m0/s1. The number of esters is 1. The minimum absolute atomic E-state index is 0.0659. The molecule has 1 heterocycles. The number of H-pyrrole nitrogens is 1. The first kappa shape index (κ1) is 18.6. The zero-order valence-corrected chi connectivity index (χ0v) is 15.1.